The van der Waals surface area contributed by atoms with Crippen molar-refractivity contribution in [1.82, 2.24) is 10.2 Å². The normalized spacial score (nSPS) is 17.8. The van der Waals surface area contributed by atoms with Crippen LogP contribution in [-0.4, -0.2) is 78.7 Å². The zero-order valence-electron chi connectivity index (χ0n) is 18.2. The molecule has 0 radical (unpaired) electrons. The van der Waals surface area contributed by atoms with Crippen molar-refractivity contribution in [2.24, 2.45) is 0 Å². The maximum absolute atomic E-state index is 12.3. The van der Waals surface area contributed by atoms with E-state index < -0.39 is 12.1 Å². The Balaban J connectivity index is 0.000000451. The number of ether oxygens (including phenoxy) is 1. The second kappa shape index (κ2) is 10.9. The highest BCUT2D eigenvalue weighted by Gasteiger charge is 2.42. The Kier molecular flexibility index (Phi) is 8.73. The van der Waals surface area contributed by atoms with Gasteiger partial charge in [0.2, 0.25) is 0 Å². The monoisotopic (exact) mass is 461 g/mol. The average Bonchev–Trinajstić information content (AvgIpc) is 2.86. The highest BCUT2D eigenvalue weighted by Crippen LogP contribution is 2.43. The van der Waals surface area contributed by atoms with Crippen LogP contribution in [0.15, 0.2) is 24.3 Å². The molecule has 1 aromatic rings. The van der Waals surface area contributed by atoms with E-state index in [-0.39, 0.29) is 24.3 Å². The van der Waals surface area contributed by atoms with Crippen LogP contribution in [0.3, 0.4) is 0 Å². The van der Waals surface area contributed by atoms with Gasteiger partial charge in [-0.25, -0.2) is 9.59 Å². The molecule has 1 spiro atoms. The summed E-state index contributed by atoms with van der Waals surface area (Å²) in [6.07, 6.45) is -3.50. The number of carboxylic acids is 1. The lowest BCUT2D eigenvalue weighted by atomic mass is 9.83. The SMILES string of the molecule is CC(C)NC(=O)N1CCC2(CC1)OCCN(CCO)c1ccccc12.O=C(O)C(F)(F)F. The minimum absolute atomic E-state index is 0.00802. The summed E-state index contributed by atoms with van der Waals surface area (Å²) < 4.78 is 38.1. The first-order chi connectivity index (χ1) is 15.0. The number of para-hydroxylation sites is 1. The minimum atomic E-state index is -5.08. The molecule has 1 fully saturated rings. The molecule has 180 valence electrons. The smallest absolute Gasteiger partial charge is 0.475 e. The van der Waals surface area contributed by atoms with Gasteiger partial charge in [-0.1, -0.05) is 18.2 Å². The summed E-state index contributed by atoms with van der Waals surface area (Å²) in [7, 11) is 0. The van der Waals surface area contributed by atoms with Gasteiger partial charge >= 0.3 is 18.2 Å². The third-order valence-electron chi connectivity index (χ3n) is 5.36. The van der Waals surface area contributed by atoms with Crippen LogP contribution in [0.5, 0.6) is 0 Å². The standard InChI is InChI=1S/C19H29N3O3.C2HF3O2/c1-15(2)20-18(24)22-9-7-19(8-10-22)16-5-3-4-6-17(16)21(11-13-23)12-14-25-19;3-2(4,5)1(6)7/h3-6,15,23H,7-14H2,1-2H3,(H,20,24);(H,6,7). The summed E-state index contributed by atoms with van der Waals surface area (Å²) in [5.41, 5.74) is 1.99. The Morgan fingerprint density at radius 2 is 1.78 bits per heavy atom. The van der Waals surface area contributed by atoms with Gasteiger partial charge in [0.25, 0.3) is 0 Å². The molecule has 1 saturated heterocycles. The first-order valence-electron chi connectivity index (χ1n) is 10.4. The van der Waals surface area contributed by atoms with Crippen molar-refractivity contribution in [3.63, 3.8) is 0 Å². The van der Waals surface area contributed by atoms with Crippen molar-refractivity contribution in [2.45, 2.75) is 44.5 Å². The summed E-state index contributed by atoms with van der Waals surface area (Å²) in [5.74, 6) is -2.76. The van der Waals surface area contributed by atoms with Crippen LogP contribution >= 0.6 is 0 Å². The number of urea groups is 1. The molecular formula is C21H30F3N3O5. The van der Waals surface area contributed by atoms with Crippen molar-refractivity contribution < 1.29 is 37.7 Å². The maximum Gasteiger partial charge on any atom is 0.490 e. The number of piperidine rings is 1. The second-order valence-electron chi connectivity index (χ2n) is 7.96. The molecule has 0 bridgehead atoms. The number of alkyl halides is 3. The number of amides is 2. The number of likely N-dealkylation sites (tertiary alicyclic amines) is 1. The third kappa shape index (κ3) is 6.49. The molecule has 2 aliphatic rings. The number of rotatable bonds is 3. The molecule has 0 aliphatic carbocycles. The van der Waals surface area contributed by atoms with Gasteiger partial charge in [-0.3, -0.25) is 0 Å². The topological polar surface area (TPSA) is 102 Å². The summed E-state index contributed by atoms with van der Waals surface area (Å²) in [6, 6.07) is 8.48. The van der Waals surface area contributed by atoms with E-state index in [1.807, 2.05) is 30.9 Å². The van der Waals surface area contributed by atoms with Crippen molar-refractivity contribution in [1.29, 1.82) is 0 Å². The summed E-state index contributed by atoms with van der Waals surface area (Å²) in [4.78, 5) is 25.2. The van der Waals surface area contributed by atoms with Crippen LogP contribution < -0.4 is 10.2 Å². The molecule has 0 aromatic heterocycles. The first kappa shape index (κ1) is 25.7. The average molecular weight is 461 g/mol. The number of aliphatic hydroxyl groups excluding tert-OH is 1. The minimum Gasteiger partial charge on any atom is -0.475 e. The van der Waals surface area contributed by atoms with E-state index in [2.05, 4.69) is 22.3 Å². The van der Waals surface area contributed by atoms with Crippen LogP contribution in [0.1, 0.15) is 32.3 Å². The Morgan fingerprint density at radius 1 is 1.19 bits per heavy atom. The van der Waals surface area contributed by atoms with Crippen LogP contribution in [0.2, 0.25) is 0 Å². The van der Waals surface area contributed by atoms with Gasteiger partial charge in [-0.15, -0.1) is 0 Å². The number of carbonyl (C=O) groups excluding carboxylic acids is 1. The summed E-state index contributed by atoms with van der Waals surface area (Å²) in [5, 5.41) is 19.5. The Morgan fingerprint density at radius 3 is 2.31 bits per heavy atom. The Hall–Kier alpha value is -2.53. The van der Waals surface area contributed by atoms with E-state index in [1.165, 1.54) is 5.56 Å². The van der Waals surface area contributed by atoms with Crippen molar-refractivity contribution >= 4 is 17.7 Å². The van der Waals surface area contributed by atoms with Gasteiger partial charge in [0.1, 0.15) is 0 Å². The van der Waals surface area contributed by atoms with Gasteiger partial charge in [0, 0.05) is 43.5 Å². The van der Waals surface area contributed by atoms with Gasteiger partial charge in [0.05, 0.1) is 18.8 Å². The zero-order valence-corrected chi connectivity index (χ0v) is 18.2. The molecule has 8 nitrogen and oxygen atoms in total. The van der Waals surface area contributed by atoms with E-state index >= 15 is 0 Å². The van der Waals surface area contributed by atoms with Gasteiger partial charge in [0.15, 0.2) is 0 Å². The van der Waals surface area contributed by atoms with Gasteiger partial charge in [-0.05, 0) is 32.8 Å². The number of hydrogen-bond acceptors (Lipinski definition) is 5. The Labute approximate surface area is 184 Å². The lowest BCUT2D eigenvalue weighted by Gasteiger charge is -2.42. The summed E-state index contributed by atoms with van der Waals surface area (Å²) in [6.45, 7) is 7.47. The number of benzene rings is 1. The molecule has 3 N–H and O–H groups in total. The number of fused-ring (bicyclic) bond motifs is 2. The fourth-order valence-corrected chi connectivity index (χ4v) is 3.86. The van der Waals surface area contributed by atoms with E-state index in [1.54, 1.807) is 0 Å². The molecule has 11 heteroatoms. The van der Waals surface area contributed by atoms with E-state index in [4.69, 9.17) is 14.6 Å². The zero-order chi connectivity index (χ0) is 23.9. The fraction of sp³-hybridized carbons (Fsp3) is 0.619. The third-order valence-corrected chi connectivity index (χ3v) is 5.36. The molecular weight excluding hydrogens is 431 g/mol. The highest BCUT2D eigenvalue weighted by atomic mass is 19.4. The molecule has 0 atom stereocenters. The predicted molar refractivity (Wildman–Crippen MR) is 112 cm³/mol. The van der Waals surface area contributed by atoms with E-state index in [0.717, 1.165) is 25.1 Å². The number of carboxylic acid groups (broad SMARTS) is 1. The van der Waals surface area contributed by atoms with E-state index in [0.29, 0.717) is 26.2 Å². The number of halogens is 3. The number of hydrogen-bond donors (Lipinski definition) is 3. The fourth-order valence-electron chi connectivity index (χ4n) is 3.86. The van der Waals surface area contributed by atoms with Crippen LogP contribution in [-0.2, 0) is 15.1 Å². The van der Waals surface area contributed by atoms with Crippen LogP contribution in [0, 0.1) is 0 Å². The molecule has 2 aliphatic heterocycles. The number of nitrogens with one attached hydrogen (secondary N) is 1. The maximum atomic E-state index is 12.3. The lowest BCUT2D eigenvalue weighted by molar-refractivity contribution is -0.192. The molecule has 1 aromatic carbocycles. The van der Waals surface area contributed by atoms with Crippen LogP contribution in [0.25, 0.3) is 0 Å². The lowest BCUT2D eigenvalue weighted by Crippen LogP contribution is -2.50. The molecule has 0 unspecified atom stereocenters. The van der Waals surface area contributed by atoms with Crippen molar-refractivity contribution in [2.75, 3.05) is 44.3 Å². The number of aliphatic hydroxyl groups is 1. The number of anilines is 1. The van der Waals surface area contributed by atoms with Crippen molar-refractivity contribution in [3.05, 3.63) is 29.8 Å². The quantitative estimate of drug-likeness (QED) is 0.640. The van der Waals surface area contributed by atoms with E-state index in [9.17, 15) is 23.1 Å². The number of carbonyl (C=O) groups is 2. The largest absolute Gasteiger partial charge is 0.490 e. The second-order valence-corrected chi connectivity index (χ2v) is 7.96. The first-order valence-corrected chi connectivity index (χ1v) is 10.4. The molecule has 0 saturated carbocycles. The highest BCUT2D eigenvalue weighted by molar-refractivity contribution is 5.74. The van der Waals surface area contributed by atoms with Crippen LogP contribution in [0.4, 0.5) is 23.7 Å². The van der Waals surface area contributed by atoms with Gasteiger partial charge in [-0.2, -0.15) is 13.2 Å². The predicted octanol–water partition coefficient (Wildman–Crippen LogP) is 2.56. The van der Waals surface area contributed by atoms with Gasteiger partial charge < -0.3 is 30.1 Å². The molecule has 2 amide bonds. The summed E-state index contributed by atoms with van der Waals surface area (Å²) >= 11 is 0. The molecule has 32 heavy (non-hydrogen) atoms. The number of nitrogens with zero attached hydrogens (tertiary/aromatic N) is 2. The molecule has 3 rings (SSSR count). The van der Waals surface area contributed by atoms with Crippen molar-refractivity contribution in [3.8, 4) is 0 Å². The number of aliphatic carboxylic acids is 1. The Bertz CT molecular complexity index is 780. The molecule has 2 heterocycles. The number of β-amino-alcohol motifs (C(OH)–C–C–N with tert-alkyl or cyclic N) is 1.